The molecular weight excluding hydrogens is 309 g/mol. The van der Waals surface area contributed by atoms with E-state index in [1.54, 1.807) is 6.07 Å². The smallest absolute Gasteiger partial charge is 0.347 e. The highest BCUT2D eigenvalue weighted by Crippen LogP contribution is 2.32. The van der Waals surface area contributed by atoms with Gasteiger partial charge >= 0.3 is 6.18 Å². The summed E-state index contributed by atoms with van der Waals surface area (Å²) in [5.74, 6) is -0.412. The van der Waals surface area contributed by atoms with Crippen molar-refractivity contribution in [1.29, 1.82) is 0 Å². The normalized spacial score (nSPS) is 13.1. The van der Waals surface area contributed by atoms with Crippen LogP contribution in [0.5, 0.6) is 0 Å². The maximum absolute atomic E-state index is 12.8. The van der Waals surface area contributed by atoms with Crippen molar-refractivity contribution in [2.75, 3.05) is 0 Å². The lowest BCUT2D eigenvalue weighted by Crippen LogP contribution is -2.34. The number of hydrogen-bond donors (Lipinski definition) is 1. The average Bonchev–Trinajstić information content (AvgIpc) is 2.96. The third kappa shape index (κ3) is 4.54. The van der Waals surface area contributed by atoms with Crippen molar-refractivity contribution < 1.29 is 18.0 Å². The first-order valence-electron chi connectivity index (χ1n) is 7.06. The third-order valence-corrected chi connectivity index (χ3v) is 3.33. The molecule has 1 amide bonds. The van der Waals surface area contributed by atoms with Gasteiger partial charge in [-0.15, -0.1) is 0 Å². The summed E-state index contributed by atoms with van der Waals surface area (Å²) >= 11 is 0. The number of nitrogens with one attached hydrogen (secondary N) is 1. The Morgan fingerprint density at radius 3 is 2.65 bits per heavy atom. The van der Waals surface area contributed by atoms with E-state index in [1.807, 2.05) is 13.8 Å². The van der Waals surface area contributed by atoms with E-state index >= 15 is 0 Å². The molecule has 0 aliphatic heterocycles. The molecule has 8 heteroatoms. The molecule has 1 aromatic heterocycles. The SMILES string of the molecule is CC(C)[C@@H](NC(=O)Cn1cncn1)c1cccc(C(F)(F)F)c1. The van der Waals surface area contributed by atoms with Crippen molar-refractivity contribution in [2.45, 2.75) is 32.6 Å². The highest BCUT2D eigenvalue weighted by Gasteiger charge is 2.31. The van der Waals surface area contributed by atoms with E-state index in [2.05, 4.69) is 15.4 Å². The average molecular weight is 326 g/mol. The Morgan fingerprint density at radius 2 is 2.09 bits per heavy atom. The largest absolute Gasteiger partial charge is 0.416 e. The number of hydrogen-bond acceptors (Lipinski definition) is 3. The lowest BCUT2D eigenvalue weighted by atomic mass is 9.94. The molecule has 1 heterocycles. The summed E-state index contributed by atoms with van der Waals surface area (Å²) in [7, 11) is 0. The number of benzene rings is 1. The minimum absolute atomic E-state index is 0.0395. The maximum atomic E-state index is 12.8. The van der Waals surface area contributed by atoms with E-state index in [9.17, 15) is 18.0 Å². The lowest BCUT2D eigenvalue weighted by Gasteiger charge is -2.23. The summed E-state index contributed by atoms with van der Waals surface area (Å²) in [6, 6.07) is 4.49. The van der Waals surface area contributed by atoms with Gasteiger partial charge in [-0.2, -0.15) is 18.3 Å². The Bertz CT molecular complexity index is 653. The monoisotopic (exact) mass is 326 g/mol. The zero-order chi connectivity index (χ0) is 17.0. The highest BCUT2D eigenvalue weighted by molar-refractivity contribution is 5.76. The van der Waals surface area contributed by atoms with E-state index in [0.29, 0.717) is 5.56 Å². The van der Waals surface area contributed by atoms with E-state index in [1.165, 1.54) is 23.4 Å². The lowest BCUT2D eigenvalue weighted by molar-refractivity contribution is -0.137. The number of alkyl halides is 3. The van der Waals surface area contributed by atoms with Crippen LogP contribution < -0.4 is 5.32 Å². The van der Waals surface area contributed by atoms with E-state index in [0.717, 1.165) is 12.1 Å². The maximum Gasteiger partial charge on any atom is 0.416 e. The van der Waals surface area contributed by atoms with Crippen molar-refractivity contribution in [3.8, 4) is 0 Å². The van der Waals surface area contributed by atoms with Crippen LogP contribution in [0.3, 0.4) is 0 Å². The molecule has 0 saturated carbocycles. The van der Waals surface area contributed by atoms with Gasteiger partial charge in [0, 0.05) is 0 Å². The summed E-state index contributed by atoms with van der Waals surface area (Å²) in [4.78, 5) is 15.8. The van der Waals surface area contributed by atoms with Gasteiger partial charge < -0.3 is 5.32 Å². The molecule has 0 unspecified atom stereocenters. The molecule has 0 spiro atoms. The first-order chi connectivity index (χ1) is 10.8. The Balaban J connectivity index is 2.17. The summed E-state index contributed by atoms with van der Waals surface area (Å²) in [6.07, 6.45) is -1.71. The van der Waals surface area contributed by atoms with Gasteiger partial charge in [0.05, 0.1) is 11.6 Å². The van der Waals surface area contributed by atoms with Gasteiger partial charge in [-0.25, -0.2) is 9.67 Å². The Labute approximate surface area is 131 Å². The van der Waals surface area contributed by atoms with Crippen LogP contribution in [0.1, 0.15) is 31.0 Å². The molecule has 1 atom stereocenters. The van der Waals surface area contributed by atoms with Crippen LogP contribution in [-0.4, -0.2) is 20.7 Å². The fraction of sp³-hybridized carbons (Fsp3) is 0.400. The van der Waals surface area contributed by atoms with Gasteiger partial charge in [-0.1, -0.05) is 26.0 Å². The predicted octanol–water partition coefficient (Wildman–Crippen LogP) is 2.81. The van der Waals surface area contributed by atoms with Crippen molar-refractivity contribution in [1.82, 2.24) is 20.1 Å². The molecule has 5 nitrogen and oxygen atoms in total. The molecular formula is C15H17F3N4O. The molecule has 1 aromatic carbocycles. The molecule has 23 heavy (non-hydrogen) atoms. The fourth-order valence-electron chi connectivity index (χ4n) is 2.22. The van der Waals surface area contributed by atoms with Gasteiger partial charge in [-0.3, -0.25) is 4.79 Å². The van der Waals surface area contributed by atoms with E-state index < -0.39 is 17.8 Å². The van der Waals surface area contributed by atoms with Gasteiger partial charge in [0.25, 0.3) is 0 Å². The molecule has 0 bridgehead atoms. The van der Waals surface area contributed by atoms with Crippen LogP contribution in [0.2, 0.25) is 0 Å². The quantitative estimate of drug-likeness (QED) is 0.919. The van der Waals surface area contributed by atoms with Gasteiger partial charge in [-0.05, 0) is 23.6 Å². The van der Waals surface area contributed by atoms with Crippen LogP contribution in [0.25, 0.3) is 0 Å². The summed E-state index contributed by atoms with van der Waals surface area (Å²) < 4.78 is 39.9. The number of carbonyl (C=O) groups is 1. The van der Waals surface area contributed by atoms with Gasteiger partial charge in [0.2, 0.25) is 5.91 Å². The first kappa shape index (κ1) is 17.0. The number of carbonyl (C=O) groups excluding carboxylic acids is 1. The van der Waals surface area contributed by atoms with E-state index in [-0.39, 0.29) is 18.4 Å². The van der Waals surface area contributed by atoms with Crippen molar-refractivity contribution in [3.05, 3.63) is 48.0 Å². The summed E-state index contributed by atoms with van der Waals surface area (Å²) in [5.41, 5.74) is -0.312. The minimum Gasteiger partial charge on any atom is -0.347 e. The van der Waals surface area contributed by atoms with Crippen LogP contribution in [0.4, 0.5) is 13.2 Å². The Hall–Kier alpha value is -2.38. The van der Waals surface area contributed by atoms with Crippen LogP contribution in [0.15, 0.2) is 36.9 Å². The topological polar surface area (TPSA) is 59.8 Å². The Morgan fingerprint density at radius 1 is 1.35 bits per heavy atom. The summed E-state index contributed by atoms with van der Waals surface area (Å²) in [6.45, 7) is 3.63. The molecule has 0 radical (unpaired) electrons. The fourth-order valence-corrected chi connectivity index (χ4v) is 2.22. The second kappa shape index (κ2) is 6.80. The molecule has 124 valence electrons. The second-order valence-corrected chi connectivity index (χ2v) is 5.51. The number of amides is 1. The van der Waals surface area contributed by atoms with Gasteiger partial charge in [0.15, 0.2) is 0 Å². The first-order valence-corrected chi connectivity index (χ1v) is 7.06. The van der Waals surface area contributed by atoms with Crippen molar-refractivity contribution in [3.63, 3.8) is 0 Å². The van der Waals surface area contributed by atoms with Crippen LogP contribution in [-0.2, 0) is 17.5 Å². The molecule has 2 rings (SSSR count). The summed E-state index contributed by atoms with van der Waals surface area (Å²) in [5, 5.41) is 6.58. The van der Waals surface area contributed by atoms with Crippen molar-refractivity contribution >= 4 is 5.91 Å². The molecule has 0 aliphatic rings. The number of nitrogens with zero attached hydrogens (tertiary/aromatic N) is 3. The number of halogens is 3. The molecule has 0 saturated heterocycles. The third-order valence-electron chi connectivity index (χ3n) is 3.33. The van der Waals surface area contributed by atoms with Gasteiger partial charge in [0.1, 0.15) is 19.2 Å². The van der Waals surface area contributed by atoms with Crippen LogP contribution in [0, 0.1) is 5.92 Å². The molecule has 0 fully saturated rings. The minimum atomic E-state index is -4.41. The van der Waals surface area contributed by atoms with Crippen LogP contribution >= 0.6 is 0 Å². The second-order valence-electron chi connectivity index (χ2n) is 5.51. The zero-order valence-corrected chi connectivity index (χ0v) is 12.7. The van der Waals surface area contributed by atoms with E-state index in [4.69, 9.17) is 0 Å². The zero-order valence-electron chi connectivity index (χ0n) is 12.7. The predicted molar refractivity (Wildman–Crippen MR) is 77.2 cm³/mol. The Kier molecular flexibility index (Phi) is 5.02. The molecule has 1 N–H and O–H groups in total. The highest BCUT2D eigenvalue weighted by atomic mass is 19.4. The van der Waals surface area contributed by atoms with Crippen molar-refractivity contribution in [2.24, 2.45) is 5.92 Å². The molecule has 0 aliphatic carbocycles. The number of rotatable bonds is 5. The molecule has 2 aromatic rings. The number of aromatic nitrogens is 3. The standard InChI is InChI=1S/C15H17F3N4O/c1-10(2)14(21-13(23)7-22-9-19-8-20-22)11-4-3-5-12(6-11)15(16,17)18/h3-6,8-10,14H,7H2,1-2H3,(H,21,23)/t14-/m1/s1.